The quantitative estimate of drug-likeness (QED) is 0.312. The monoisotopic (exact) mass is 521 g/mol. The summed E-state index contributed by atoms with van der Waals surface area (Å²) >= 11 is 6.08. The summed E-state index contributed by atoms with van der Waals surface area (Å²) in [6.07, 6.45) is -4.09. The average molecular weight is 522 g/mol. The summed E-state index contributed by atoms with van der Waals surface area (Å²) in [5.74, 6) is -1.10. The van der Waals surface area contributed by atoms with Gasteiger partial charge in [-0.2, -0.15) is 13.2 Å². The van der Waals surface area contributed by atoms with Gasteiger partial charge in [0.15, 0.2) is 0 Å². The molecule has 1 heterocycles. The lowest BCUT2D eigenvalue weighted by Gasteiger charge is -2.20. The number of fused-ring (bicyclic) bond motifs is 1. The molecule has 1 aromatic heterocycles. The van der Waals surface area contributed by atoms with Crippen LogP contribution in [0, 0.1) is 6.92 Å². The van der Waals surface area contributed by atoms with Crippen molar-refractivity contribution >= 4 is 38.5 Å². The van der Waals surface area contributed by atoms with E-state index < -0.39 is 32.6 Å². The van der Waals surface area contributed by atoms with Crippen LogP contribution in [-0.2, 0) is 27.4 Å². The average Bonchev–Trinajstić information content (AvgIpc) is 3.15. The van der Waals surface area contributed by atoms with Crippen LogP contribution in [-0.4, -0.2) is 23.5 Å². The van der Waals surface area contributed by atoms with Crippen LogP contribution in [0.5, 0.6) is 0 Å². The molecule has 0 saturated heterocycles. The number of aryl methyl sites for hydroxylation is 2. The van der Waals surface area contributed by atoms with Crippen LogP contribution in [0.2, 0.25) is 5.02 Å². The molecule has 0 amide bonds. The SMILES string of the molecule is Cc1ccc(-c2ccccc2)c(S(=O)(=O)n2cc(CCC(=O)O)c3cc(Cl)ccc32)c1C(F)(F)F. The molecule has 0 aliphatic rings. The summed E-state index contributed by atoms with van der Waals surface area (Å²) in [6.45, 7) is 1.21. The second-order valence-electron chi connectivity index (χ2n) is 8.01. The van der Waals surface area contributed by atoms with E-state index in [4.69, 9.17) is 16.7 Å². The maximum atomic E-state index is 14.3. The molecule has 182 valence electrons. The minimum absolute atomic E-state index is 0.0276. The minimum atomic E-state index is -4.95. The van der Waals surface area contributed by atoms with Gasteiger partial charge in [0.05, 0.1) is 11.1 Å². The Bertz CT molecular complexity index is 1540. The van der Waals surface area contributed by atoms with E-state index in [-0.39, 0.29) is 34.5 Å². The number of aliphatic carboxylic acids is 1. The molecule has 0 radical (unpaired) electrons. The van der Waals surface area contributed by atoms with E-state index in [0.717, 1.165) is 3.97 Å². The third kappa shape index (κ3) is 4.66. The van der Waals surface area contributed by atoms with Gasteiger partial charge in [0.25, 0.3) is 10.0 Å². The summed E-state index contributed by atoms with van der Waals surface area (Å²) in [6, 6.07) is 14.9. The zero-order valence-corrected chi connectivity index (χ0v) is 19.9. The molecular formula is C25H19ClF3NO4S. The van der Waals surface area contributed by atoms with Crippen molar-refractivity contribution in [1.82, 2.24) is 3.97 Å². The lowest BCUT2D eigenvalue weighted by atomic mass is 9.99. The molecule has 3 aromatic carbocycles. The highest BCUT2D eigenvalue weighted by molar-refractivity contribution is 7.90. The molecule has 10 heteroatoms. The predicted molar refractivity (Wildman–Crippen MR) is 127 cm³/mol. The first-order valence-electron chi connectivity index (χ1n) is 10.4. The van der Waals surface area contributed by atoms with Gasteiger partial charge < -0.3 is 5.11 Å². The Balaban J connectivity index is 2.08. The molecular weight excluding hydrogens is 503 g/mol. The highest BCUT2D eigenvalue weighted by Gasteiger charge is 2.41. The van der Waals surface area contributed by atoms with Gasteiger partial charge in [-0.3, -0.25) is 4.79 Å². The Kier molecular flexibility index (Phi) is 6.42. The van der Waals surface area contributed by atoms with Crippen LogP contribution >= 0.6 is 11.6 Å². The molecule has 0 saturated carbocycles. The summed E-state index contributed by atoms with van der Waals surface area (Å²) in [5.41, 5.74) is -0.823. The minimum Gasteiger partial charge on any atom is -0.481 e. The third-order valence-electron chi connectivity index (χ3n) is 5.67. The Labute approximate surface area is 204 Å². The maximum absolute atomic E-state index is 14.3. The zero-order chi connectivity index (χ0) is 25.5. The molecule has 0 fully saturated rings. The fourth-order valence-electron chi connectivity index (χ4n) is 4.12. The molecule has 0 unspecified atom stereocenters. The molecule has 4 aromatic rings. The lowest BCUT2D eigenvalue weighted by Crippen LogP contribution is -2.21. The zero-order valence-electron chi connectivity index (χ0n) is 18.3. The topological polar surface area (TPSA) is 76.4 Å². The van der Waals surface area contributed by atoms with E-state index in [1.807, 2.05) is 0 Å². The number of halogens is 4. The summed E-state index contributed by atoms with van der Waals surface area (Å²) in [4.78, 5) is 10.3. The van der Waals surface area contributed by atoms with Crippen LogP contribution in [0.25, 0.3) is 22.0 Å². The van der Waals surface area contributed by atoms with Crippen LogP contribution in [0.1, 0.15) is 23.1 Å². The predicted octanol–water partition coefficient (Wildman–Crippen LogP) is 6.54. The number of carbonyl (C=O) groups is 1. The summed E-state index contributed by atoms with van der Waals surface area (Å²) < 4.78 is 71.6. The largest absolute Gasteiger partial charge is 0.481 e. The van der Waals surface area contributed by atoms with Crippen molar-refractivity contribution in [2.75, 3.05) is 0 Å². The normalized spacial score (nSPS) is 12.3. The lowest BCUT2D eigenvalue weighted by molar-refractivity contribution is -0.140. The van der Waals surface area contributed by atoms with Crippen molar-refractivity contribution in [3.8, 4) is 11.1 Å². The highest BCUT2D eigenvalue weighted by atomic mass is 35.5. The van der Waals surface area contributed by atoms with Crippen molar-refractivity contribution in [2.24, 2.45) is 0 Å². The van der Waals surface area contributed by atoms with E-state index in [2.05, 4.69) is 0 Å². The van der Waals surface area contributed by atoms with Crippen molar-refractivity contribution in [3.05, 3.63) is 88.6 Å². The van der Waals surface area contributed by atoms with Crippen LogP contribution in [0.3, 0.4) is 0 Å². The first-order valence-corrected chi connectivity index (χ1v) is 12.3. The first-order chi connectivity index (χ1) is 16.4. The number of carboxylic acid groups (broad SMARTS) is 1. The first kappa shape index (κ1) is 24.8. The maximum Gasteiger partial charge on any atom is 0.418 e. The second-order valence-corrected chi connectivity index (χ2v) is 10.2. The Morgan fingerprint density at radius 2 is 1.74 bits per heavy atom. The van der Waals surface area contributed by atoms with E-state index in [9.17, 15) is 26.4 Å². The summed E-state index contributed by atoms with van der Waals surface area (Å²) in [5, 5.41) is 9.72. The number of aromatic nitrogens is 1. The molecule has 0 aliphatic carbocycles. The van der Waals surface area contributed by atoms with Crippen molar-refractivity contribution < 1.29 is 31.5 Å². The highest BCUT2D eigenvalue weighted by Crippen LogP contribution is 2.43. The second kappa shape index (κ2) is 9.05. The molecule has 0 bridgehead atoms. The van der Waals surface area contributed by atoms with Crippen molar-refractivity contribution in [2.45, 2.75) is 30.8 Å². The smallest absolute Gasteiger partial charge is 0.418 e. The van der Waals surface area contributed by atoms with E-state index in [1.165, 1.54) is 55.6 Å². The van der Waals surface area contributed by atoms with Crippen molar-refractivity contribution in [3.63, 3.8) is 0 Å². The number of benzene rings is 3. The fourth-order valence-corrected chi connectivity index (χ4v) is 6.17. The van der Waals surface area contributed by atoms with E-state index >= 15 is 0 Å². The van der Waals surface area contributed by atoms with Gasteiger partial charge in [-0.05, 0) is 48.2 Å². The van der Waals surface area contributed by atoms with E-state index in [0.29, 0.717) is 16.5 Å². The number of nitrogens with zero attached hydrogens (tertiary/aromatic N) is 1. The van der Waals surface area contributed by atoms with Gasteiger partial charge in [0, 0.05) is 28.6 Å². The molecule has 4 rings (SSSR count). The number of rotatable bonds is 6. The van der Waals surface area contributed by atoms with Crippen LogP contribution in [0.4, 0.5) is 13.2 Å². The van der Waals surface area contributed by atoms with Gasteiger partial charge in [0.1, 0.15) is 4.90 Å². The van der Waals surface area contributed by atoms with Gasteiger partial charge in [-0.25, -0.2) is 12.4 Å². The Hall–Kier alpha value is -3.30. The molecule has 0 spiro atoms. The van der Waals surface area contributed by atoms with Gasteiger partial charge >= 0.3 is 12.1 Å². The third-order valence-corrected chi connectivity index (χ3v) is 7.67. The Morgan fingerprint density at radius 3 is 2.37 bits per heavy atom. The molecule has 5 nitrogen and oxygen atoms in total. The molecule has 1 N–H and O–H groups in total. The number of carboxylic acids is 1. The molecule has 35 heavy (non-hydrogen) atoms. The van der Waals surface area contributed by atoms with E-state index in [1.54, 1.807) is 18.2 Å². The van der Waals surface area contributed by atoms with Crippen molar-refractivity contribution in [1.29, 1.82) is 0 Å². The number of hydrogen-bond donors (Lipinski definition) is 1. The van der Waals surface area contributed by atoms with Gasteiger partial charge in [-0.15, -0.1) is 0 Å². The number of hydrogen-bond acceptors (Lipinski definition) is 3. The molecule has 0 atom stereocenters. The standard InChI is InChI=1S/C25H19ClF3NO4S/c1-15-7-10-19(16-5-3-2-4-6-16)24(23(15)25(27,28)29)35(33,34)30-14-17(8-12-22(31)32)20-13-18(26)9-11-21(20)30/h2-7,9-11,13-14H,8,12H2,1H3,(H,31,32). The van der Waals surface area contributed by atoms with Gasteiger partial charge in [0.2, 0.25) is 0 Å². The number of alkyl halides is 3. The van der Waals surface area contributed by atoms with Crippen LogP contribution in [0.15, 0.2) is 71.8 Å². The summed E-state index contributed by atoms with van der Waals surface area (Å²) in [7, 11) is -4.81. The fraction of sp³-hybridized carbons (Fsp3) is 0.160. The van der Waals surface area contributed by atoms with Gasteiger partial charge in [-0.1, -0.05) is 54.1 Å². The van der Waals surface area contributed by atoms with Crippen LogP contribution < -0.4 is 0 Å². The molecule has 0 aliphatic heterocycles. The Morgan fingerprint density at radius 1 is 1.06 bits per heavy atom.